The Hall–Kier alpha value is -1.16. The summed E-state index contributed by atoms with van der Waals surface area (Å²) in [6.45, 7) is 2.30. The van der Waals surface area contributed by atoms with Gasteiger partial charge in [0.1, 0.15) is 12.1 Å². The molecule has 1 aromatic heterocycles. The Morgan fingerprint density at radius 3 is 2.90 bits per heavy atom. The van der Waals surface area contributed by atoms with Crippen LogP contribution in [-0.4, -0.2) is 35.1 Å². The van der Waals surface area contributed by atoms with Crippen LogP contribution in [0.1, 0.15) is 49.8 Å². The highest BCUT2D eigenvalue weighted by Gasteiger charge is 2.30. The molecule has 0 aromatic carbocycles. The minimum atomic E-state index is 0.636. The Morgan fingerprint density at radius 1 is 1.10 bits per heavy atom. The molecule has 0 spiro atoms. The molecule has 1 saturated heterocycles. The lowest BCUT2D eigenvalue weighted by Gasteiger charge is -2.29. The van der Waals surface area contributed by atoms with Crippen molar-refractivity contribution in [1.29, 1.82) is 0 Å². The third-order valence-electron chi connectivity index (χ3n) is 4.97. The minimum Gasteiger partial charge on any atom is -0.352 e. The van der Waals surface area contributed by atoms with E-state index in [1.165, 1.54) is 68.6 Å². The number of nitrogens with one attached hydrogen (secondary N) is 1. The van der Waals surface area contributed by atoms with Gasteiger partial charge in [-0.1, -0.05) is 0 Å². The SMILES string of the molecule is c1nc2c(c(N3CCCC3CNC3CC3)n1)CCCC2. The maximum atomic E-state index is 4.65. The van der Waals surface area contributed by atoms with E-state index in [1.807, 2.05) is 0 Å². The number of hydrogen-bond donors (Lipinski definition) is 1. The van der Waals surface area contributed by atoms with E-state index >= 15 is 0 Å². The molecule has 0 radical (unpaired) electrons. The molecule has 4 heteroatoms. The first-order valence-electron chi connectivity index (χ1n) is 8.24. The summed E-state index contributed by atoms with van der Waals surface area (Å²) in [6.07, 6.45) is 12.0. The molecule has 20 heavy (non-hydrogen) atoms. The van der Waals surface area contributed by atoms with E-state index in [1.54, 1.807) is 6.33 Å². The molecule has 1 N–H and O–H groups in total. The molecule has 1 aromatic rings. The van der Waals surface area contributed by atoms with E-state index in [2.05, 4.69) is 20.2 Å². The molecule has 0 bridgehead atoms. The Balaban J connectivity index is 1.55. The zero-order valence-electron chi connectivity index (χ0n) is 12.1. The van der Waals surface area contributed by atoms with Crippen molar-refractivity contribution in [2.24, 2.45) is 0 Å². The molecular weight excluding hydrogens is 248 g/mol. The van der Waals surface area contributed by atoms with Crippen LogP contribution in [0.3, 0.4) is 0 Å². The van der Waals surface area contributed by atoms with Crippen LogP contribution in [0.25, 0.3) is 0 Å². The van der Waals surface area contributed by atoms with E-state index < -0.39 is 0 Å². The Bertz CT molecular complexity index is 483. The van der Waals surface area contributed by atoms with Crippen molar-refractivity contribution in [3.8, 4) is 0 Å². The number of nitrogens with zero attached hydrogens (tertiary/aromatic N) is 3. The van der Waals surface area contributed by atoms with Crippen molar-refractivity contribution in [2.75, 3.05) is 18.0 Å². The molecule has 108 valence electrons. The number of rotatable bonds is 4. The summed E-state index contributed by atoms with van der Waals surface area (Å²) in [5, 5.41) is 3.69. The topological polar surface area (TPSA) is 41.1 Å². The van der Waals surface area contributed by atoms with Crippen LogP contribution in [0.2, 0.25) is 0 Å². The molecule has 2 heterocycles. The van der Waals surface area contributed by atoms with Gasteiger partial charge in [-0.2, -0.15) is 0 Å². The molecule has 2 aliphatic carbocycles. The van der Waals surface area contributed by atoms with Crippen LogP contribution in [-0.2, 0) is 12.8 Å². The van der Waals surface area contributed by atoms with Crippen molar-refractivity contribution in [1.82, 2.24) is 15.3 Å². The number of aryl methyl sites for hydroxylation is 1. The predicted molar refractivity (Wildman–Crippen MR) is 80.1 cm³/mol. The third kappa shape index (κ3) is 2.41. The lowest BCUT2D eigenvalue weighted by atomic mass is 9.96. The molecule has 3 aliphatic rings. The highest BCUT2D eigenvalue weighted by atomic mass is 15.3. The van der Waals surface area contributed by atoms with Gasteiger partial charge in [-0.05, 0) is 51.4 Å². The third-order valence-corrected chi connectivity index (χ3v) is 4.97. The summed E-state index contributed by atoms with van der Waals surface area (Å²) in [7, 11) is 0. The average Bonchev–Trinajstić information content (AvgIpc) is 3.21. The second-order valence-electron chi connectivity index (χ2n) is 6.50. The Morgan fingerprint density at radius 2 is 2.00 bits per heavy atom. The molecule has 1 saturated carbocycles. The highest BCUT2D eigenvalue weighted by Crippen LogP contribution is 2.31. The van der Waals surface area contributed by atoms with Crippen LogP contribution in [0.4, 0.5) is 5.82 Å². The first-order valence-corrected chi connectivity index (χ1v) is 8.24. The van der Waals surface area contributed by atoms with Crippen molar-refractivity contribution in [3.05, 3.63) is 17.6 Å². The predicted octanol–water partition coefficient (Wildman–Crippen LogP) is 2.08. The number of aromatic nitrogens is 2. The van der Waals surface area contributed by atoms with Gasteiger partial charge in [0.2, 0.25) is 0 Å². The smallest absolute Gasteiger partial charge is 0.135 e. The highest BCUT2D eigenvalue weighted by molar-refractivity contribution is 5.51. The van der Waals surface area contributed by atoms with Gasteiger partial charge < -0.3 is 10.2 Å². The molecule has 1 atom stereocenters. The van der Waals surface area contributed by atoms with Gasteiger partial charge in [0.05, 0.1) is 0 Å². The molecule has 1 unspecified atom stereocenters. The maximum Gasteiger partial charge on any atom is 0.135 e. The van der Waals surface area contributed by atoms with Gasteiger partial charge in [0, 0.05) is 36.4 Å². The van der Waals surface area contributed by atoms with E-state index in [9.17, 15) is 0 Å². The summed E-state index contributed by atoms with van der Waals surface area (Å²) >= 11 is 0. The van der Waals surface area contributed by atoms with E-state index in [0.29, 0.717) is 6.04 Å². The lowest BCUT2D eigenvalue weighted by molar-refractivity contribution is 0.564. The first kappa shape index (κ1) is 12.6. The minimum absolute atomic E-state index is 0.636. The van der Waals surface area contributed by atoms with Crippen LogP contribution < -0.4 is 10.2 Å². The van der Waals surface area contributed by atoms with Crippen LogP contribution in [0.15, 0.2) is 6.33 Å². The fourth-order valence-corrected chi connectivity index (χ4v) is 3.67. The van der Waals surface area contributed by atoms with E-state index in [-0.39, 0.29) is 0 Å². The van der Waals surface area contributed by atoms with Gasteiger partial charge in [-0.15, -0.1) is 0 Å². The lowest BCUT2D eigenvalue weighted by Crippen LogP contribution is -2.40. The summed E-state index contributed by atoms with van der Waals surface area (Å²) in [5.41, 5.74) is 2.75. The zero-order valence-corrected chi connectivity index (χ0v) is 12.1. The number of hydrogen-bond acceptors (Lipinski definition) is 4. The molecule has 4 nitrogen and oxygen atoms in total. The molecule has 0 amide bonds. The summed E-state index contributed by atoms with van der Waals surface area (Å²) < 4.78 is 0. The van der Waals surface area contributed by atoms with Gasteiger partial charge in [-0.3, -0.25) is 0 Å². The summed E-state index contributed by atoms with van der Waals surface area (Å²) in [4.78, 5) is 11.7. The Labute approximate surface area is 121 Å². The fraction of sp³-hybridized carbons (Fsp3) is 0.750. The summed E-state index contributed by atoms with van der Waals surface area (Å²) in [5.74, 6) is 1.25. The maximum absolute atomic E-state index is 4.65. The standard InChI is InChI=1S/C16H24N4/c1-2-6-15-14(5-1)16(19-11-18-15)20-9-3-4-13(20)10-17-12-7-8-12/h11-13,17H,1-10H2. The van der Waals surface area contributed by atoms with Crippen molar-refractivity contribution >= 4 is 5.82 Å². The van der Waals surface area contributed by atoms with E-state index in [0.717, 1.165) is 19.0 Å². The Kier molecular flexibility index (Phi) is 3.34. The first-order chi connectivity index (χ1) is 9.92. The van der Waals surface area contributed by atoms with E-state index in [4.69, 9.17) is 0 Å². The van der Waals surface area contributed by atoms with Gasteiger partial charge >= 0.3 is 0 Å². The normalized spacial score (nSPS) is 25.8. The largest absolute Gasteiger partial charge is 0.352 e. The average molecular weight is 272 g/mol. The molecule has 2 fully saturated rings. The van der Waals surface area contributed by atoms with Crippen LogP contribution in [0.5, 0.6) is 0 Å². The second kappa shape index (κ2) is 5.32. The molecule has 1 aliphatic heterocycles. The number of anilines is 1. The van der Waals surface area contributed by atoms with Gasteiger partial charge in [0.15, 0.2) is 0 Å². The number of fused-ring (bicyclic) bond motifs is 1. The molecular formula is C16H24N4. The summed E-state index contributed by atoms with van der Waals surface area (Å²) in [6, 6.07) is 1.44. The van der Waals surface area contributed by atoms with Crippen molar-refractivity contribution in [2.45, 2.75) is 63.5 Å². The molecule has 4 rings (SSSR count). The van der Waals surface area contributed by atoms with Crippen LogP contribution in [0, 0.1) is 0 Å². The van der Waals surface area contributed by atoms with Gasteiger partial charge in [-0.25, -0.2) is 9.97 Å². The van der Waals surface area contributed by atoms with Crippen LogP contribution >= 0.6 is 0 Å². The fourth-order valence-electron chi connectivity index (χ4n) is 3.67. The zero-order chi connectivity index (χ0) is 13.4. The quantitative estimate of drug-likeness (QED) is 0.911. The second-order valence-corrected chi connectivity index (χ2v) is 6.50. The van der Waals surface area contributed by atoms with Crippen molar-refractivity contribution in [3.63, 3.8) is 0 Å². The van der Waals surface area contributed by atoms with Gasteiger partial charge in [0.25, 0.3) is 0 Å². The van der Waals surface area contributed by atoms with Crippen molar-refractivity contribution < 1.29 is 0 Å². The monoisotopic (exact) mass is 272 g/mol.